The maximum atomic E-state index is 13.5. The summed E-state index contributed by atoms with van der Waals surface area (Å²) in [4.78, 5) is 25.0. The minimum atomic E-state index is -0.556. The number of halogens is 1. The Kier molecular flexibility index (Phi) is 5.36. The van der Waals surface area contributed by atoms with Gasteiger partial charge in [-0.1, -0.05) is 12.1 Å². The molecule has 1 heterocycles. The molecule has 7 heteroatoms. The van der Waals surface area contributed by atoms with Gasteiger partial charge in [0.15, 0.2) is 6.61 Å². The lowest BCUT2D eigenvalue weighted by Gasteiger charge is -2.25. The quantitative estimate of drug-likeness (QED) is 0.862. The van der Waals surface area contributed by atoms with E-state index in [0.717, 1.165) is 18.4 Å². The molecule has 0 aliphatic carbocycles. The van der Waals surface area contributed by atoms with E-state index >= 15 is 0 Å². The molecule has 0 radical (unpaired) electrons. The fourth-order valence-corrected chi connectivity index (χ4v) is 3.05. The molecule has 1 aliphatic heterocycles. The standard InChI is InChI=1S/C19H20FN3O3/c20-14-4-1-3-13(11-14)17-5-2-10-23(17)19(25)22-15-6-8-16(9-7-15)26-12-18(21)24/h1,3-4,6-9,11,17H,2,5,10,12H2,(H2,21,24)(H,22,25). The minimum absolute atomic E-state index is 0.135. The Labute approximate surface area is 150 Å². The number of hydrogen-bond donors (Lipinski definition) is 2. The lowest BCUT2D eigenvalue weighted by atomic mass is 10.0. The number of nitrogens with two attached hydrogens (primary N) is 1. The first-order valence-electron chi connectivity index (χ1n) is 8.37. The highest BCUT2D eigenvalue weighted by Gasteiger charge is 2.30. The van der Waals surface area contributed by atoms with Gasteiger partial charge in [-0.15, -0.1) is 0 Å². The molecular formula is C19H20FN3O3. The predicted octanol–water partition coefficient (Wildman–Crippen LogP) is 3.06. The molecule has 0 spiro atoms. The van der Waals surface area contributed by atoms with Crippen LogP contribution in [0.3, 0.4) is 0 Å². The third kappa shape index (κ3) is 4.30. The summed E-state index contributed by atoms with van der Waals surface area (Å²) in [5, 5.41) is 2.84. The zero-order valence-corrected chi connectivity index (χ0v) is 14.2. The van der Waals surface area contributed by atoms with Crippen LogP contribution in [0.4, 0.5) is 14.9 Å². The maximum absolute atomic E-state index is 13.5. The summed E-state index contributed by atoms with van der Waals surface area (Å²) >= 11 is 0. The summed E-state index contributed by atoms with van der Waals surface area (Å²) in [7, 11) is 0. The van der Waals surface area contributed by atoms with E-state index < -0.39 is 5.91 Å². The van der Waals surface area contributed by atoms with E-state index in [9.17, 15) is 14.0 Å². The third-order valence-electron chi connectivity index (χ3n) is 4.23. The van der Waals surface area contributed by atoms with Crippen molar-refractivity contribution in [2.24, 2.45) is 5.73 Å². The lowest BCUT2D eigenvalue weighted by molar-refractivity contribution is -0.119. The zero-order valence-electron chi connectivity index (χ0n) is 14.2. The summed E-state index contributed by atoms with van der Waals surface area (Å²) < 4.78 is 18.7. The van der Waals surface area contributed by atoms with E-state index in [2.05, 4.69) is 5.32 Å². The molecule has 0 aromatic heterocycles. The molecule has 6 nitrogen and oxygen atoms in total. The molecule has 1 unspecified atom stereocenters. The van der Waals surface area contributed by atoms with Gasteiger partial charge in [0.2, 0.25) is 0 Å². The van der Waals surface area contributed by atoms with Crippen LogP contribution in [-0.4, -0.2) is 30.0 Å². The zero-order chi connectivity index (χ0) is 18.5. The molecule has 1 aliphatic rings. The van der Waals surface area contributed by atoms with Crippen LogP contribution in [0.5, 0.6) is 5.75 Å². The van der Waals surface area contributed by atoms with E-state index in [4.69, 9.17) is 10.5 Å². The van der Waals surface area contributed by atoms with Crippen LogP contribution in [0.25, 0.3) is 0 Å². The Balaban J connectivity index is 1.64. The number of carbonyl (C=O) groups is 2. The predicted molar refractivity (Wildman–Crippen MR) is 95.2 cm³/mol. The summed E-state index contributed by atoms with van der Waals surface area (Å²) in [5.74, 6) is -0.373. The number of rotatable bonds is 5. The van der Waals surface area contributed by atoms with Gasteiger partial charge in [-0.2, -0.15) is 0 Å². The highest BCUT2D eigenvalue weighted by atomic mass is 19.1. The van der Waals surface area contributed by atoms with E-state index in [1.165, 1.54) is 12.1 Å². The highest BCUT2D eigenvalue weighted by Crippen LogP contribution is 2.32. The van der Waals surface area contributed by atoms with Crippen molar-refractivity contribution in [3.63, 3.8) is 0 Å². The van der Waals surface area contributed by atoms with Crippen LogP contribution < -0.4 is 15.8 Å². The molecule has 2 aromatic carbocycles. The molecular weight excluding hydrogens is 337 g/mol. The monoisotopic (exact) mass is 357 g/mol. The molecule has 0 bridgehead atoms. The molecule has 1 atom stereocenters. The smallest absolute Gasteiger partial charge is 0.322 e. The van der Waals surface area contributed by atoms with E-state index in [0.29, 0.717) is 18.0 Å². The topological polar surface area (TPSA) is 84.7 Å². The lowest BCUT2D eigenvalue weighted by Crippen LogP contribution is -2.34. The first-order valence-corrected chi connectivity index (χ1v) is 8.37. The van der Waals surface area contributed by atoms with Gasteiger partial charge in [0.05, 0.1) is 6.04 Å². The Bertz CT molecular complexity index is 795. The average molecular weight is 357 g/mol. The Morgan fingerprint density at radius 3 is 2.69 bits per heavy atom. The molecule has 0 saturated carbocycles. The number of nitrogens with zero attached hydrogens (tertiary/aromatic N) is 1. The first-order chi connectivity index (χ1) is 12.5. The number of benzene rings is 2. The summed E-state index contributed by atoms with van der Waals surface area (Å²) in [5.41, 5.74) is 6.43. The molecule has 3 rings (SSSR count). The van der Waals surface area contributed by atoms with Crippen LogP contribution >= 0.6 is 0 Å². The second-order valence-electron chi connectivity index (χ2n) is 6.12. The Morgan fingerprint density at radius 2 is 2.00 bits per heavy atom. The van der Waals surface area contributed by atoms with Gasteiger partial charge in [0.1, 0.15) is 11.6 Å². The van der Waals surface area contributed by atoms with Gasteiger partial charge in [0, 0.05) is 12.2 Å². The number of ether oxygens (including phenoxy) is 1. The molecule has 26 heavy (non-hydrogen) atoms. The number of anilines is 1. The van der Waals surface area contributed by atoms with E-state index in [-0.39, 0.29) is 24.5 Å². The number of carbonyl (C=O) groups excluding carboxylic acids is 2. The minimum Gasteiger partial charge on any atom is -0.484 e. The second-order valence-corrected chi connectivity index (χ2v) is 6.12. The van der Waals surface area contributed by atoms with Crippen molar-refractivity contribution in [1.82, 2.24) is 4.90 Å². The highest BCUT2D eigenvalue weighted by molar-refractivity contribution is 5.89. The van der Waals surface area contributed by atoms with Crippen molar-refractivity contribution in [1.29, 1.82) is 0 Å². The van der Waals surface area contributed by atoms with E-state index in [1.807, 2.05) is 6.07 Å². The summed E-state index contributed by atoms with van der Waals surface area (Å²) in [6.45, 7) is 0.418. The number of likely N-dealkylation sites (tertiary alicyclic amines) is 1. The van der Waals surface area contributed by atoms with Gasteiger partial charge in [0.25, 0.3) is 5.91 Å². The fourth-order valence-electron chi connectivity index (χ4n) is 3.05. The SMILES string of the molecule is NC(=O)COc1ccc(NC(=O)N2CCCC2c2cccc(F)c2)cc1. The molecule has 136 valence electrons. The van der Waals surface area contributed by atoms with Crippen LogP contribution in [0.1, 0.15) is 24.4 Å². The molecule has 1 saturated heterocycles. The normalized spacial score (nSPS) is 16.3. The van der Waals surface area contributed by atoms with Crippen LogP contribution in [0.15, 0.2) is 48.5 Å². The van der Waals surface area contributed by atoms with Crippen molar-refractivity contribution >= 4 is 17.6 Å². The first kappa shape index (κ1) is 17.7. The average Bonchev–Trinajstić information content (AvgIpc) is 3.11. The van der Waals surface area contributed by atoms with Crippen molar-refractivity contribution in [3.8, 4) is 5.75 Å². The Morgan fingerprint density at radius 1 is 1.23 bits per heavy atom. The maximum Gasteiger partial charge on any atom is 0.322 e. The van der Waals surface area contributed by atoms with Crippen LogP contribution in [0, 0.1) is 5.82 Å². The van der Waals surface area contributed by atoms with Gasteiger partial charge in [-0.3, -0.25) is 4.79 Å². The van der Waals surface area contributed by atoms with Gasteiger partial charge < -0.3 is 20.7 Å². The summed E-state index contributed by atoms with van der Waals surface area (Å²) in [6.07, 6.45) is 1.67. The number of amides is 3. The number of nitrogens with one attached hydrogen (secondary N) is 1. The number of primary amides is 1. The van der Waals surface area contributed by atoms with Crippen molar-refractivity contribution in [2.75, 3.05) is 18.5 Å². The van der Waals surface area contributed by atoms with Crippen LogP contribution in [0.2, 0.25) is 0 Å². The number of hydrogen-bond acceptors (Lipinski definition) is 3. The Hall–Kier alpha value is -3.09. The number of urea groups is 1. The van der Waals surface area contributed by atoms with Crippen LogP contribution in [-0.2, 0) is 4.79 Å². The van der Waals surface area contributed by atoms with Crippen molar-refractivity contribution in [2.45, 2.75) is 18.9 Å². The van der Waals surface area contributed by atoms with Gasteiger partial charge >= 0.3 is 6.03 Å². The van der Waals surface area contributed by atoms with Gasteiger partial charge in [-0.05, 0) is 54.8 Å². The molecule has 2 aromatic rings. The van der Waals surface area contributed by atoms with Gasteiger partial charge in [-0.25, -0.2) is 9.18 Å². The fraction of sp³-hybridized carbons (Fsp3) is 0.263. The molecule has 1 fully saturated rings. The van der Waals surface area contributed by atoms with Crippen molar-refractivity contribution < 1.29 is 18.7 Å². The molecule has 3 N–H and O–H groups in total. The second kappa shape index (κ2) is 7.86. The summed E-state index contributed by atoms with van der Waals surface area (Å²) in [6, 6.07) is 12.6. The largest absolute Gasteiger partial charge is 0.484 e. The molecule has 3 amide bonds. The van der Waals surface area contributed by atoms with Crippen molar-refractivity contribution in [3.05, 3.63) is 59.9 Å². The van der Waals surface area contributed by atoms with E-state index in [1.54, 1.807) is 35.2 Å². The third-order valence-corrected chi connectivity index (χ3v) is 4.23.